The van der Waals surface area contributed by atoms with Crippen molar-refractivity contribution in [2.24, 2.45) is 50.2 Å². The first kappa shape index (κ1) is 34.0. The van der Waals surface area contributed by atoms with Crippen molar-refractivity contribution in [1.29, 1.82) is 5.26 Å². The van der Waals surface area contributed by atoms with Crippen molar-refractivity contribution < 1.29 is 24.5 Å². The summed E-state index contributed by atoms with van der Waals surface area (Å²) in [6.07, 6.45) is 8.60. The summed E-state index contributed by atoms with van der Waals surface area (Å²) < 4.78 is 5.80. The van der Waals surface area contributed by atoms with Gasteiger partial charge in [-0.1, -0.05) is 54.0 Å². The Kier molecular flexibility index (Phi) is 8.01. The Balaban J connectivity index is 1.60. The van der Waals surface area contributed by atoms with Crippen LogP contribution < -0.4 is 0 Å². The number of ketones is 1. The number of ether oxygens (including phenoxy) is 1. The van der Waals surface area contributed by atoms with Gasteiger partial charge in [0, 0.05) is 24.4 Å². The smallest absolute Gasteiger partial charge is 0.410 e. The van der Waals surface area contributed by atoms with Crippen molar-refractivity contribution in [3.8, 4) is 6.07 Å². The zero-order chi connectivity index (χ0) is 33.6. The van der Waals surface area contributed by atoms with E-state index in [0.29, 0.717) is 18.5 Å². The summed E-state index contributed by atoms with van der Waals surface area (Å²) >= 11 is 0. The Morgan fingerprint density at radius 1 is 1.07 bits per heavy atom. The third-order valence-electron chi connectivity index (χ3n) is 13.8. The predicted octanol–water partition coefficient (Wildman–Crippen LogP) is 8.14. The molecule has 7 nitrogen and oxygen atoms in total. The van der Waals surface area contributed by atoms with Crippen LogP contribution in [0.3, 0.4) is 0 Å². The van der Waals surface area contributed by atoms with Gasteiger partial charge in [-0.05, 0) is 117 Å². The molecule has 0 bridgehead atoms. The molecular weight excluding hydrogens is 564 g/mol. The number of nitriles is 1. The van der Waals surface area contributed by atoms with E-state index >= 15 is 0 Å². The molecule has 0 aliphatic heterocycles. The molecule has 250 valence electrons. The van der Waals surface area contributed by atoms with E-state index in [2.05, 4.69) is 54.5 Å². The largest absolute Gasteiger partial charge is 0.511 e. The van der Waals surface area contributed by atoms with E-state index in [1.807, 2.05) is 26.8 Å². The molecule has 0 spiro atoms. The number of hydrogen-bond donors (Lipinski definition) is 2. The number of carbonyl (C=O) groups is 2. The van der Waals surface area contributed by atoms with Crippen LogP contribution >= 0.6 is 0 Å². The fourth-order valence-corrected chi connectivity index (χ4v) is 11.4. The molecule has 3 saturated carbocycles. The molecule has 0 heterocycles. The minimum absolute atomic E-state index is 0.0758. The summed E-state index contributed by atoms with van der Waals surface area (Å²) in [4.78, 5) is 30.0. The molecule has 0 radical (unpaired) electrons. The van der Waals surface area contributed by atoms with Crippen molar-refractivity contribution in [3.05, 3.63) is 23.0 Å². The highest BCUT2D eigenvalue weighted by molar-refractivity contribution is 5.95. The van der Waals surface area contributed by atoms with E-state index in [4.69, 9.17) is 4.74 Å². The minimum Gasteiger partial charge on any atom is -0.511 e. The quantitative estimate of drug-likeness (QED) is 0.327. The van der Waals surface area contributed by atoms with E-state index in [1.165, 1.54) is 5.57 Å². The molecule has 0 aromatic carbocycles. The summed E-state index contributed by atoms with van der Waals surface area (Å²) in [6.45, 7) is 21.9. The number of aliphatic hydroxyl groups is 2. The summed E-state index contributed by atoms with van der Waals surface area (Å²) in [7, 11) is 0. The molecule has 7 atom stereocenters. The second-order valence-electron chi connectivity index (χ2n) is 18.5. The van der Waals surface area contributed by atoms with Gasteiger partial charge in [-0.3, -0.25) is 4.79 Å². The van der Waals surface area contributed by atoms with Crippen LogP contribution in [-0.4, -0.2) is 52.3 Å². The lowest BCUT2D eigenvalue weighted by atomic mass is 9.34. The standard InChI is InChI=1S/C38H58N2O5/c1-32(2,3)45-31(44)40(17-18-41)23-38-15-13-33(4,5)21-25(38)29-26(42)19-28-35(8)20-24(22-39)30(43)34(6,7)27(35)11-12-36(28,9)37(29,10)14-16-38/h19,25,27,29,41,43H,11-18,20-21,23H2,1-10H3/t25-,27-,29-,35-,36+,37+,38+/m0/s1. The Morgan fingerprint density at radius 2 is 1.71 bits per heavy atom. The lowest BCUT2D eigenvalue weighted by molar-refractivity contribution is -0.175. The maximum atomic E-state index is 14.8. The fourth-order valence-electron chi connectivity index (χ4n) is 11.4. The number of fused-ring (bicyclic) bond motifs is 7. The highest BCUT2D eigenvalue weighted by Crippen LogP contribution is 2.75. The molecule has 5 aliphatic rings. The second-order valence-corrected chi connectivity index (χ2v) is 18.5. The maximum absolute atomic E-state index is 14.8. The molecule has 0 saturated heterocycles. The Hall–Kier alpha value is -2.33. The maximum Gasteiger partial charge on any atom is 0.410 e. The summed E-state index contributed by atoms with van der Waals surface area (Å²) in [5, 5.41) is 31.2. The van der Waals surface area contributed by atoms with Gasteiger partial charge in [-0.15, -0.1) is 0 Å². The molecule has 5 rings (SSSR count). The Morgan fingerprint density at radius 3 is 2.31 bits per heavy atom. The molecule has 3 fully saturated rings. The topological polar surface area (TPSA) is 111 Å². The molecule has 5 aliphatic carbocycles. The zero-order valence-electron chi connectivity index (χ0n) is 29.6. The molecule has 0 aromatic heterocycles. The van der Waals surface area contributed by atoms with Crippen LogP contribution in [0.5, 0.6) is 0 Å². The number of hydrogen-bond acceptors (Lipinski definition) is 6. The predicted molar refractivity (Wildman–Crippen MR) is 175 cm³/mol. The normalized spacial score (nSPS) is 40.2. The van der Waals surface area contributed by atoms with Crippen LogP contribution in [0.1, 0.15) is 121 Å². The van der Waals surface area contributed by atoms with Gasteiger partial charge in [0.15, 0.2) is 5.78 Å². The first-order valence-electron chi connectivity index (χ1n) is 17.3. The molecule has 2 N–H and O–H groups in total. The van der Waals surface area contributed by atoms with Crippen molar-refractivity contribution in [2.45, 2.75) is 126 Å². The van der Waals surface area contributed by atoms with Crippen molar-refractivity contribution in [3.63, 3.8) is 0 Å². The monoisotopic (exact) mass is 622 g/mol. The number of carbonyl (C=O) groups excluding carboxylic acids is 2. The third kappa shape index (κ3) is 5.08. The van der Waals surface area contributed by atoms with Gasteiger partial charge >= 0.3 is 6.09 Å². The fraction of sp³-hybridized carbons (Fsp3) is 0.816. The molecule has 1 amide bonds. The second kappa shape index (κ2) is 10.6. The van der Waals surface area contributed by atoms with E-state index in [-0.39, 0.29) is 64.1 Å². The number of amides is 1. The summed E-state index contributed by atoms with van der Waals surface area (Å²) in [5.74, 6) is 0.460. The SMILES string of the molecule is CC1(C)CC[C@]2(CN(CCO)C(=O)OC(C)(C)C)CC[C@]3(C)[C@H](C(=O)C=C4[C@@]5(C)CC(C#N)=C(O)C(C)(C)[C@@H]5CC[C@]43C)[C@@H]2C1. The van der Waals surface area contributed by atoms with E-state index < -0.39 is 22.5 Å². The van der Waals surface area contributed by atoms with Crippen LogP contribution in [-0.2, 0) is 9.53 Å². The minimum atomic E-state index is -0.642. The Bertz CT molecular complexity index is 1360. The van der Waals surface area contributed by atoms with Gasteiger partial charge in [0.25, 0.3) is 0 Å². The summed E-state index contributed by atoms with van der Waals surface area (Å²) in [5.41, 5.74) is -0.627. The number of allylic oxidation sites excluding steroid dienone is 4. The first-order valence-corrected chi connectivity index (χ1v) is 17.3. The highest BCUT2D eigenvalue weighted by Gasteiger charge is 2.70. The summed E-state index contributed by atoms with van der Waals surface area (Å²) in [6, 6.07) is 2.31. The molecule has 0 unspecified atom stereocenters. The van der Waals surface area contributed by atoms with Gasteiger partial charge < -0.3 is 19.8 Å². The molecule has 45 heavy (non-hydrogen) atoms. The Labute approximate surface area is 271 Å². The first-order chi connectivity index (χ1) is 20.6. The molecular formula is C38H58N2O5. The van der Waals surface area contributed by atoms with Crippen LogP contribution in [0.25, 0.3) is 0 Å². The molecule has 7 heteroatoms. The van der Waals surface area contributed by atoms with Crippen molar-refractivity contribution in [1.82, 2.24) is 4.90 Å². The highest BCUT2D eigenvalue weighted by atomic mass is 16.6. The van der Waals surface area contributed by atoms with Gasteiger partial charge in [0.1, 0.15) is 11.4 Å². The number of aliphatic hydroxyl groups excluding tert-OH is 2. The third-order valence-corrected chi connectivity index (χ3v) is 13.8. The average molecular weight is 623 g/mol. The van der Waals surface area contributed by atoms with Crippen molar-refractivity contribution >= 4 is 11.9 Å². The lowest BCUT2D eigenvalue weighted by Crippen LogP contribution is -2.66. The number of rotatable bonds is 4. The zero-order valence-corrected chi connectivity index (χ0v) is 29.6. The molecule has 0 aromatic rings. The van der Waals surface area contributed by atoms with Gasteiger partial charge in [0.05, 0.1) is 18.2 Å². The van der Waals surface area contributed by atoms with Gasteiger partial charge in [-0.2, -0.15) is 5.26 Å². The lowest BCUT2D eigenvalue weighted by Gasteiger charge is -2.70. The van der Waals surface area contributed by atoms with Crippen LogP contribution in [0.15, 0.2) is 23.0 Å². The van der Waals surface area contributed by atoms with Crippen molar-refractivity contribution in [2.75, 3.05) is 19.7 Å². The van der Waals surface area contributed by atoms with Crippen LogP contribution in [0.4, 0.5) is 4.79 Å². The van der Waals surface area contributed by atoms with Gasteiger partial charge in [0.2, 0.25) is 0 Å². The van der Waals surface area contributed by atoms with E-state index in [9.17, 15) is 25.1 Å². The van der Waals surface area contributed by atoms with Gasteiger partial charge in [-0.25, -0.2) is 4.79 Å². The van der Waals surface area contributed by atoms with E-state index in [1.54, 1.807) is 4.90 Å². The van der Waals surface area contributed by atoms with E-state index in [0.717, 1.165) is 44.9 Å². The van der Waals surface area contributed by atoms with Crippen LogP contribution in [0.2, 0.25) is 0 Å². The average Bonchev–Trinajstić information content (AvgIpc) is 2.91. The van der Waals surface area contributed by atoms with Crippen LogP contribution in [0, 0.1) is 61.6 Å². The number of nitrogens with zero attached hydrogens (tertiary/aromatic N) is 2.